The molecule has 1 atom stereocenters. The SMILES string of the molecule is CCOCCn1c(=O)c2c(c(C#N)c(N3CCC[C@H](N)C3)n2CC=C(C)C)n(C)c1=O. The fraction of sp³-hybridized carbons (Fsp3) is 0.591. The van der Waals surface area contributed by atoms with Crippen molar-refractivity contribution in [3.63, 3.8) is 0 Å². The van der Waals surface area contributed by atoms with Crippen molar-refractivity contribution in [1.29, 1.82) is 5.26 Å². The maximum absolute atomic E-state index is 13.5. The molecule has 2 N–H and O–H groups in total. The normalized spacial score (nSPS) is 16.5. The van der Waals surface area contributed by atoms with E-state index in [1.165, 1.54) is 9.13 Å². The van der Waals surface area contributed by atoms with E-state index in [4.69, 9.17) is 10.5 Å². The predicted molar refractivity (Wildman–Crippen MR) is 122 cm³/mol. The summed E-state index contributed by atoms with van der Waals surface area (Å²) in [4.78, 5) is 28.6. The monoisotopic (exact) mass is 428 g/mol. The molecule has 1 aliphatic rings. The molecule has 0 bridgehead atoms. The number of nitriles is 1. The number of rotatable bonds is 7. The van der Waals surface area contributed by atoms with E-state index >= 15 is 0 Å². The lowest BCUT2D eigenvalue weighted by Crippen LogP contribution is -2.44. The Hall–Kier alpha value is -2.83. The van der Waals surface area contributed by atoms with Gasteiger partial charge in [0.1, 0.15) is 23.0 Å². The third-order valence-corrected chi connectivity index (χ3v) is 5.73. The average Bonchev–Trinajstić information content (AvgIpc) is 3.07. The first-order valence-corrected chi connectivity index (χ1v) is 10.8. The van der Waals surface area contributed by atoms with Gasteiger partial charge in [-0.25, -0.2) is 4.79 Å². The average molecular weight is 429 g/mol. The summed E-state index contributed by atoms with van der Waals surface area (Å²) in [6, 6.07) is 2.27. The van der Waals surface area contributed by atoms with Crippen LogP contribution >= 0.6 is 0 Å². The van der Waals surface area contributed by atoms with Gasteiger partial charge in [-0.3, -0.25) is 13.9 Å². The number of anilines is 1. The largest absolute Gasteiger partial charge is 0.380 e. The molecule has 3 heterocycles. The first-order chi connectivity index (χ1) is 14.8. The maximum atomic E-state index is 13.5. The molecule has 1 aliphatic heterocycles. The van der Waals surface area contributed by atoms with Gasteiger partial charge in [0.25, 0.3) is 5.56 Å². The Balaban J connectivity index is 2.35. The van der Waals surface area contributed by atoms with E-state index in [1.807, 2.05) is 31.4 Å². The first-order valence-electron chi connectivity index (χ1n) is 10.8. The lowest BCUT2D eigenvalue weighted by Gasteiger charge is -2.33. The van der Waals surface area contributed by atoms with Crippen LogP contribution in [0, 0.1) is 11.3 Å². The Morgan fingerprint density at radius 1 is 1.29 bits per heavy atom. The zero-order valence-electron chi connectivity index (χ0n) is 18.8. The van der Waals surface area contributed by atoms with Crippen LogP contribution in [-0.4, -0.2) is 46.0 Å². The molecule has 31 heavy (non-hydrogen) atoms. The minimum Gasteiger partial charge on any atom is -0.380 e. The van der Waals surface area contributed by atoms with E-state index in [1.54, 1.807) is 7.05 Å². The van der Waals surface area contributed by atoms with Gasteiger partial charge in [-0.05, 0) is 33.6 Å². The zero-order chi connectivity index (χ0) is 22.7. The number of aryl methyl sites for hydroxylation is 1. The molecule has 2 aromatic rings. The molecule has 9 heteroatoms. The second-order valence-electron chi connectivity index (χ2n) is 8.24. The van der Waals surface area contributed by atoms with E-state index in [9.17, 15) is 14.9 Å². The molecule has 1 fully saturated rings. The molecule has 1 saturated heterocycles. The van der Waals surface area contributed by atoms with Gasteiger partial charge >= 0.3 is 5.69 Å². The molecule has 0 amide bonds. The molecule has 168 valence electrons. The van der Waals surface area contributed by atoms with Gasteiger partial charge in [-0.1, -0.05) is 11.6 Å². The number of nitrogens with zero attached hydrogens (tertiary/aromatic N) is 5. The first kappa shape index (κ1) is 22.8. The number of aromatic nitrogens is 3. The van der Waals surface area contributed by atoms with Crippen molar-refractivity contribution >= 4 is 16.9 Å². The van der Waals surface area contributed by atoms with Gasteiger partial charge in [0, 0.05) is 39.3 Å². The van der Waals surface area contributed by atoms with Crippen LogP contribution in [0.25, 0.3) is 11.0 Å². The van der Waals surface area contributed by atoms with Crippen molar-refractivity contribution in [3.8, 4) is 6.07 Å². The maximum Gasteiger partial charge on any atom is 0.331 e. The van der Waals surface area contributed by atoms with Crippen LogP contribution in [-0.2, 0) is 24.9 Å². The van der Waals surface area contributed by atoms with E-state index < -0.39 is 11.2 Å². The predicted octanol–water partition coefficient (Wildman–Crippen LogP) is 1.30. The number of hydrogen-bond acceptors (Lipinski definition) is 6. The molecule has 0 unspecified atom stereocenters. The lowest BCUT2D eigenvalue weighted by atomic mass is 10.1. The highest BCUT2D eigenvalue weighted by molar-refractivity contribution is 5.90. The molecule has 0 aliphatic carbocycles. The number of ether oxygens (including phenoxy) is 1. The zero-order valence-corrected chi connectivity index (χ0v) is 18.8. The summed E-state index contributed by atoms with van der Waals surface area (Å²) in [5.41, 5.74) is 7.55. The third kappa shape index (κ3) is 4.31. The van der Waals surface area contributed by atoms with E-state index in [2.05, 4.69) is 11.0 Å². The molecule has 0 spiro atoms. The lowest BCUT2D eigenvalue weighted by molar-refractivity contribution is 0.137. The summed E-state index contributed by atoms with van der Waals surface area (Å²) in [5, 5.41) is 10.1. The van der Waals surface area contributed by atoms with Gasteiger partial charge in [0.05, 0.1) is 18.7 Å². The van der Waals surface area contributed by atoms with Gasteiger partial charge in [-0.2, -0.15) is 5.26 Å². The van der Waals surface area contributed by atoms with E-state index in [0.29, 0.717) is 42.1 Å². The molecule has 0 saturated carbocycles. The van der Waals surface area contributed by atoms with Crippen molar-refractivity contribution in [2.24, 2.45) is 12.8 Å². The third-order valence-electron chi connectivity index (χ3n) is 5.73. The Morgan fingerprint density at radius 3 is 2.65 bits per heavy atom. The minimum absolute atomic E-state index is 0.00174. The van der Waals surface area contributed by atoms with Crippen LogP contribution in [0.15, 0.2) is 21.2 Å². The van der Waals surface area contributed by atoms with Crippen molar-refractivity contribution in [3.05, 3.63) is 38.1 Å². The van der Waals surface area contributed by atoms with Crippen LogP contribution in [0.1, 0.15) is 39.2 Å². The quantitative estimate of drug-likeness (QED) is 0.526. The summed E-state index contributed by atoms with van der Waals surface area (Å²) in [7, 11) is 1.61. The van der Waals surface area contributed by atoms with Crippen LogP contribution in [0.3, 0.4) is 0 Å². The van der Waals surface area contributed by atoms with Crippen molar-refractivity contribution in [2.75, 3.05) is 31.2 Å². The van der Waals surface area contributed by atoms with E-state index in [0.717, 1.165) is 25.0 Å². The van der Waals surface area contributed by atoms with Crippen LogP contribution < -0.4 is 21.9 Å². The number of piperidine rings is 1. The van der Waals surface area contributed by atoms with Gasteiger partial charge in [-0.15, -0.1) is 0 Å². The minimum atomic E-state index is -0.449. The second kappa shape index (κ2) is 9.54. The molecule has 2 aromatic heterocycles. The Labute approximate surface area is 181 Å². The Bertz CT molecular complexity index is 1140. The van der Waals surface area contributed by atoms with Gasteiger partial charge in [0.2, 0.25) is 0 Å². The second-order valence-corrected chi connectivity index (χ2v) is 8.24. The molecule has 9 nitrogen and oxygen atoms in total. The van der Waals surface area contributed by atoms with E-state index in [-0.39, 0.29) is 19.2 Å². The van der Waals surface area contributed by atoms with Gasteiger partial charge in [0.15, 0.2) is 0 Å². The summed E-state index contributed by atoms with van der Waals surface area (Å²) in [5.74, 6) is 0.666. The topological polar surface area (TPSA) is 111 Å². The molecule has 0 aromatic carbocycles. The highest BCUT2D eigenvalue weighted by atomic mass is 16.5. The van der Waals surface area contributed by atoms with Crippen molar-refractivity contribution in [1.82, 2.24) is 13.7 Å². The Kier molecular flexibility index (Phi) is 7.03. The summed E-state index contributed by atoms with van der Waals surface area (Å²) < 4.78 is 9.85. The summed E-state index contributed by atoms with van der Waals surface area (Å²) in [6.07, 6.45) is 3.85. The van der Waals surface area contributed by atoms with Crippen LogP contribution in [0.2, 0.25) is 0 Å². The van der Waals surface area contributed by atoms with Crippen molar-refractivity contribution < 1.29 is 4.74 Å². The Morgan fingerprint density at radius 2 is 2.03 bits per heavy atom. The number of fused-ring (bicyclic) bond motifs is 1. The van der Waals surface area contributed by atoms with Crippen molar-refractivity contribution in [2.45, 2.75) is 52.7 Å². The standard InChI is InChI=1S/C22H32N6O3/c1-5-31-12-11-28-21(29)19-18(25(4)22(28)30)17(13-23)20(27(19)10-8-15(2)3)26-9-6-7-16(24)14-26/h8,16H,5-7,9-12,14,24H2,1-4H3/t16-/m0/s1. The smallest absolute Gasteiger partial charge is 0.331 e. The molecular weight excluding hydrogens is 396 g/mol. The highest BCUT2D eigenvalue weighted by Crippen LogP contribution is 2.32. The van der Waals surface area contributed by atoms with Crippen LogP contribution in [0.4, 0.5) is 5.82 Å². The van der Waals surface area contributed by atoms with Gasteiger partial charge < -0.3 is 19.9 Å². The molecule has 0 radical (unpaired) electrons. The fourth-order valence-electron chi connectivity index (χ4n) is 4.21. The molecule has 3 rings (SSSR count). The summed E-state index contributed by atoms with van der Waals surface area (Å²) >= 11 is 0. The van der Waals surface area contributed by atoms with Crippen LogP contribution in [0.5, 0.6) is 0 Å². The fourth-order valence-corrected chi connectivity index (χ4v) is 4.21. The number of nitrogens with two attached hydrogens (primary N) is 1. The number of allylic oxidation sites excluding steroid dienone is 2. The number of hydrogen-bond donors (Lipinski definition) is 1. The highest BCUT2D eigenvalue weighted by Gasteiger charge is 2.29. The summed E-state index contributed by atoms with van der Waals surface area (Å²) in [6.45, 7) is 8.56. The molecular formula is C22H32N6O3.